The molecule has 3 aromatic rings. The van der Waals surface area contributed by atoms with E-state index in [0.717, 1.165) is 11.5 Å². The molecule has 2 saturated heterocycles. The number of amides is 1. The Morgan fingerprint density at radius 3 is 2.47 bits per heavy atom. The van der Waals surface area contributed by atoms with Crippen LogP contribution >= 0.6 is 0 Å². The van der Waals surface area contributed by atoms with Crippen LogP contribution in [-0.2, 0) is 20.8 Å². The molecule has 4 atom stereocenters. The minimum Gasteiger partial charge on any atom is -0.468 e. The second kappa shape index (κ2) is 9.44. The minimum atomic E-state index is -0.549. The van der Waals surface area contributed by atoms with Gasteiger partial charge in [0.05, 0.1) is 32.1 Å². The number of rotatable bonds is 7. The van der Waals surface area contributed by atoms with Crippen molar-refractivity contribution in [3.05, 3.63) is 78.8 Å². The molecule has 0 saturated carbocycles. The van der Waals surface area contributed by atoms with Gasteiger partial charge >= 0.3 is 6.09 Å². The molecule has 0 aliphatic carbocycles. The Bertz CT molecular complexity index is 1010. The Labute approximate surface area is 185 Å². The molecule has 4 unspecified atom stereocenters. The van der Waals surface area contributed by atoms with Gasteiger partial charge in [0.2, 0.25) is 0 Å². The number of hydrogen-bond acceptors (Lipinski definition) is 7. The zero-order chi connectivity index (χ0) is 21.8. The molecule has 8 heteroatoms. The highest BCUT2D eigenvalue weighted by Crippen LogP contribution is 2.29. The lowest BCUT2D eigenvalue weighted by molar-refractivity contribution is 0.00852. The van der Waals surface area contributed by atoms with E-state index in [2.05, 4.69) is 10.6 Å². The van der Waals surface area contributed by atoms with E-state index in [-0.39, 0.29) is 18.2 Å². The van der Waals surface area contributed by atoms with E-state index in [0.29, 0.717) is 31.2 Å². The maximum absolute atomic E-state index is 12.4. The third kappa shape index (κ3) is 4.77. The molecular formula is C24H24N2O6. The lowest BCUT2D eigenvalue weighted by Gasteiger charge is -2.18. The molecule has 0 bridgehead atoms. The van der Waals surface area contributed by atoms with E-state index < -0.39 is 12.2 Å². The standard InChI is InChI=1S/C24H24N2O6/c27-24(26-16-8-10-18(11-9-16)31-17-5-2-1-3-6-17)32-21-15-30-22-20(14-29-23(21)22)25-13-19-7-4-12-28-19/h1-12,20-23,25H,13-15H2,(H,26,27). The molecule has 5 rings (SSSR count). The Hall–Kier alpha value is -3.33. The number of benzene rings is 2. The maximum Gasteiger partial charge on any atom is 0.412 e. The van der Waals surface area contributed by atoms with Crippen LogP contribution in [0.5, 0.6) is 11.5 Å². The predicted octanol–water partition coefficient (Wildman–Crippen LogP) is 3.95. The van der Waals surface area contributed by atoms with E-state index >= 15 is 0 Å². The van der Waals surface area contributed by atoms with Crippen molar-refractivity contribution < 1.29 is 28.2 Å². The van der Waals surface area contributed by atoms with Crippen LogP contribution in [0.15, 0.2) is 77.4 Å². The zero-order valence-corrected chi connectivity index (χ0v) is 17.3. The summed E-state index contributed by atoms with van der Waals surface area (Å²) in [6.07, 6.45) is 0.167. The molecule has 0 spiro atoms. The van der Waals surface area contributed by atoms with E-state index in [1.54, 1.807) is 30.5 Å². The van der Waals surface area contributed by atoms with E-state index in [9.17, 15) is 4.79 Å². The Kier molecular flexibility index (Phi) is 6.06. The first-order chi connectivity index (χ1) is 15.7. The number of hydrogen-bond donors (Lipinski definition) is 2. The van der Waals surface area contributed by atoms with Gasteiger partial charge in [-0.3, -0.25) is 5.32 Å². The summed E-state index contributed by atoms with van der Waals surface area (Å²) in [5.41, 5.74) is 0.608. The number of nitrogens with one attached hydrogen (secondary N) is 2. The van der Waals surface area contributed by atoms with Crippen molar-refractivity contribution in [3.63, 3.8) is 0 Å². The van der Waals surface area contributed by atoms with Gasteiger partial charge in [-0.2, -0.15) is 0 Å². The highest BCUT2D eigenvalue weighted by atomic mass is 16.6. The fourth-order valence-electron chi connectivity index (χ4n) is 3.90. The smallest absolute Gasteiger partial charge is 0.412 e. The third-order valence-corrected chi connectivity index (χ3v) is 5.46. The van der Waals surface area contributed by atoms with Crippen LogP contribution in [0.4, 0.5) is 10.5 Å². The first kappa shape index (κ1) is 20.6. The number of para-hydroxylation sites is 1. The quantitative estimate of drug-likeness (QED) is 0.580. The maximum atomic E-state index is 12.4. The van der Waals surface area contributed by atoms with Gasteiger partial charge in [-0.05, 0) is 48.5 Å². The van der Waals surface area contributed by atoms with Gasteiger partial charge in [0, 0.05) is 5.69 Å². The molecule has 8 nitrogen and oxygen atoms in total. The summed E-state index contributed by atoms with van der Waals surface area (Å²) >= 11 is 0. The van der Waals surface area contributed by atoms with Gasteiger partial charge < -0.3 is 28.7 Å². The van der Waals surface area contributed by atoms with Crippen molar-refractivity contribution >= 4 is 11.8 Å². The Morgan fingerprint density at radius 1 is 0.906 bits per heavy atom. The largest absolute Gasteiger partial charge is 0.468 e. The highest BCUT2D eigenvalue weighted by molar-refractivity contribution is 5.84. The normalized spacial score (nSPS) is 24.1. The number of anilines is 1. The highest BCUT2D eigenvalue weighted by Gasteiger charge is 2.49. The van der Waals surface area contributed by atoms with Crippen molar-refractivity contribution in [2.45, 2.75) is 30.9 Å². The van der Waals surface area contributed by atoms with Crippen molar-refractivity contribution in [3.8, 4) is 11.5 Å². The summed E-state index contributed by atoms with van der Waals surface area (Å²) in [6.45, 7) is 1.37. The van der Waals surface area contributed by atoms with Crippen LogP contribution < -0.4 is 15.4 Å². The molecule has 1 amide bonds. The summed E-state index contributed by atoms with van der Waals surface area (Å²) in [6, 6.07) is 20.4. The van der Waals surface area contributed by atoms with Gasteiger partial charge in [0.1, 0.15) is 29.5 Å². The summed E-state index contributed by atoms with van der Waals surface area (Å²) < 4.78 is 28.4. The predicted molar refractivity (Wildman–Crippen MR) is 116 cm³/mol. The first-order valence-corrected chi connectivity index (χ1v) is 10.5. The lowest BCUT2D eigenvalue weighted by atomic mass is 10.1. The summed E-state index contributed by atoms with van der Waals surface area (Å²) in [4.78, 5) is 12.4. The number of fused-ring (bicyclic) bond motifs is 1. The Morgan fingerprint density at radius 2 is 1.69 bits per heavy atom. The van der Waals surface area contributed by atoms with Gasteiger partial charge in [0.15, 0.2) is 6.10 Å². The van der Waals surface area contributed by atoms with Crippen molar-refractivity contribution in [1.82, 2.24) is 5.32 Å². The number of ether oxygens (including phenoxy) is 4. The molecule has 32 heavy (non-hydrogen) atoms. The van der Waals surface area contributed by atoms with Gasteiger partial charge in [-0.15, -0.1) is 0 Å². The van der Waals surface area contributed by atoms with E-state index in [4.69, 9.17) is 23.4 Å². The van der Waals surface area contributed by atoms with Gasteiger partial charge in [0.25, 0.3) is 0 Å². The molecule has 166 valence electrons. The number of carbonyl (C=O) groups excluding carboxylic acids is 1. The van der Waals surface area contributed by atoms with E-state index in [1.807, 2.05) is 42.5 Å². The molecule has 2 N–H and O–H groups in total. The molecule has 2 aromatic carbocycles. The minimum absolute atomic E-state index is 0.0129. The van der Waals surface area contributed by atoms with Crippen molar-refractivity contribution in [1.29, 1.82) is 0 Å². The molecular weight excluding hydrogens is 412 g/mol. The Balaban J connectivity index is 1.10. The zero-order valence-electron chi connectivity index (χ0n) is 17.3. The monoisotopic (exact) mass is 436 g/mol. The molecule has 3 heterocycles. The summed E-state index contributed by atoms with van der Waals surface area (Å²) in [5, 5.41) is 6.12. The second-order valence-corrected chi connectivity index (χ2v) is 7.67. The molecule has 2 aliphatic heterocycles. The number of furan rings is 1. The van der Waals surface area contributed by atoms with Crippen LogP contribution in [0.2, 0.25) is 0 Å². The van der Waals surface area contributed by atoms with Crippen LogP contribution in [0.25, 0.3) is 0 Å². The van der Waals surface area contributed by atoms with Crippen molar-refractivity contribution in [2.24, 2.45) is 0 Å². The summed E-state index contributed by atoms with van der Waals surface area (Å²) in [7, 11) is 0. The van der Waals surface area contributed by atoms with Crippen molar-refractivity contribution in [2.75, 3.05) is 18.5 Å². The van der Waals surface area contributed by atoms with Crippen LogP contribution in [0.1, 0.15) is 5.76 Å². The third-order valence-electron chi connectivity index (χ3n) is 5.46. The average Bonchev–Trinajstić information content (AvgIpc) is 3.54. The van der Waals surface area contributed by atoms with Crippen LogP contribution in [0.3, 0.4) is 0 Å². The van der Waals surface area contributed by atoms with Crippen LogP contribution in [-0.4, -0.2) is 43.7 Å². The van der Waals surface area contributed by atoms with Crippen LogP contribution in [0, 0.1) is 0 Å². The average molecular weight is 436 g/mol. The first-order valence-electron chi connectivity index (χ1n) is 10.5. The molecule has 1 aromatic heterocycles. The second-order valence-electron chi connectivity index (χ2n) is 7.67. The molecule has 2 fully saturated rings. The summed E-state index contributed by atoms with van der Waals surface area (Å²) in [5.74, 6) is 2.27. The van der Waals surface area contributed by atoms with Gasteiger partial charge in [-0.1, -0.05) is 18.2 Å². The van der Waals surface area contributed by atoms with Gasteiger partial charge in [-0.25, -0.2) is 4.79 Å². The fraction of sp³-hybridized carbons (Fsp3) is 0.292. The number of carbonyl (C=O) groups is 1. The lowest BCUT2D eigenvalue weighted by Crippen LogP contribution is -2.41. The molecule has 0 radical (unpaired) electrons. The molecule has 2 aliphatic rings. The topological polar surface area (TPSA) is 91.2 Å². The van der Waals surface area contributed by atoms with E-state index in [1.165, 1.54) is 0 Å². The fourth-order valence-corrected chi connectivity index (χ4v) is 3.90. The SMILES string of the molecule is O=C(Nc1ccc(Oc2ccccc2)cc1)OC1COC2C(NCc3ccco3)COC12.